The summed E-state index contributed by atoms with van der Waals surface area (Å²) in [4.78, 5) is 0. The molecule has 2 unspecified atom stereocenters. The second-order valence-corrected chi connectivity index (χ2v) is 19.4. The smallest absolute Gasteiger partial charge is 1.00 e. The molecule has 0 saturated heterocycles. The maximum Gasteiger partial charge on any atom is -1.00 e. The van der Waals surface area contributed by atoms with Gasteiger partial charge < -0.3 is 24.8 Å². The van der Waals surface area contributed by atoms with Crippen LogP contribution in [0.5, 0.6) is 0 Å². The zero-order chi connectivity index (χ0) is 28.5. The molecule has 0 fully saturated rings. The largest absolute Gasteiger partial charge is 1.00 e. The molecule has 0 bridgehead atoms. The molecule has 218 valence electrons. The van der Waals surface area contributed by atoms with Gasteiger partial charge in [-0.3, -0.25) is 0 Å². The van der Waals surface area contributed by atoms with Gasteiger partial charge in [0.2, 0.25) is 0 Å². The van der Waals surface area contributed by atoms with E-state index >= 15 is 0 Å². The van der Waals surface area contributed by atoms with Gasteiger partial charge >= 0.3 is 258 Å². The predicted molar refractivity (Wildman–Crippen MR) is 181 cm³/mol. The predicted octanol–water partition coefficient (Wildman–Crippen LogP) is 5.25. The first-order valence-electron chi connectivity index (χ1n) is 15.5. The number of benzene rings is 6. The summed E-state index contributed by atoms with van der Waals surface area (Å²) >= 11 is -2.52. The standard InChI is InChI=1S/2C17H11.C7H14.2ClH.Zr/c2*1-3-8-14-12(6-1)13-7-2-4-9-15(13)17-11-5-10-16(14)17;1-6(2)5-7(3)4;;;/h2*1-11H;6-7H,1-4H3;2*1H;/q;;;;;+2/p-2. The Hall–Kier alpha value is -2.83. The summed E-state index contributed by atoms with van der Waals surface area (Å²) in [6.07, 6.45) is 10.3. The molecule has 0 N–H and O–H groups in total. The summed E-state index contributed by atoms with van der Waals surface area (Å²) in [5.74, 6) is 1.15. The minimum atomic E-state index is -2.52. The molecule has 3 heteroatoms. The van der Waals surface area contributed by atoms with Gasteiger partial charge in [0, 0.05) is 0 Å². The molecule has 44 heavy (non-hydrogen) atoms. The van der Waals surface area contributed by atoms with Gasteiger partial charge in [0.05, 0.1) is 0 Å². The third kappa shape index (κ3) is 4.62. The molecule has 0 nitrogen and oxygen atoms in total. The van der Waals surface area contributed by atoms with Crippen molar-refractivity contribution in [2.75, 3.05) is 0 Å². The summed E-state index contributed by atoms with van der Waals surface area (Å²) in [5.41, 5.74) is 6.13. The van der Waals surface area contributed by atoms with Crippen molar-refractivity contribution in [2.24, 2.45) is 11.8 Å². The first kappa shape index (κ1) is 31.2. The van der Waals surface area contributed by atoms with Gasteiger partial charge in [-0.15, -0.1) is 0 Å². The number of rotatable bonds is 4. The van der Waals surface area contributed by atoms with Crippen LogP contribution in [0.1, 0.15) is 57.2 Å². The Morgan fingerprint density at radius 2 is 0.750 bits per heavy atom. The van der Waals surface area contributed by atoms with Gasteiger partial charge in [-0.25, -0.2) is 0 Å². The summed E-state index contributed by atoms with van der Waals surface area (Å²) < 4.78 is 2.88. The van der Waals surface area contributed by atoms with Crippen LogP contribution in [0.25, 0.3) is 55.2 Å². The van der Waals surface area contributed by atoms with Crippen molar-refractivity contribution in [2.45, 2.75) is 34.9 Å². The SMILES string of the molecule is CC(C)[C](C(C)C)=[Zr+2]([CH]1C=Cc2c1c1ccccc1c1ccccc21)[CH]1C=Cc2c1c1ccccc1c1ccccc21.[Cl-].[Cl-]. The molecule has 2 aliphatic rings. The van der Waals surface area contributed by atoms with Crippen LogP contribution in [-0.2, 0) is 21.3 Å². The Balaban J connectivity index is 0.00000171. The van der Waals surface area contributed by atoms with Crippen LogP contribution < -0.4 is 24.8 Å². The Kier molecular flexibility index (Phi) is 8.62. The minimum absolute atomic E-state index is 0. The molecule has 0 aromatic heterocycles. The van der Waals surface area contributed by atoms with E-state index in [9.17, 15) is 0 Å². The monoisotopic (exact) mass is 688 g/mol. The number of allylic oxidation sites excluding steroid dienone is 2. The fourth-order valence-corrected chi connectivity index (χ4v) is 18.9. The fraction of sp³-hybridized carbons (Fsp3) is 0.195. The van der Waals surface area contributed by atoms with E-state index in [1.807, 2.05) is 3.21 Å². The first-order chi connectivity index (χ1) is 20.5. The van der Waals surface area contributed by atoms with Gasteiger partial charge in [0.1, 0.15) is 0 Å². The second-order valence-electron chi connectivity index (χ2n) is 12.7. The van der Waals surface area contributed by atoms with E-state index in [0.717, 1.165) is 0 Å². The number of halogens is 2. The molecule has 0 saturated carbocycles. The van der Waals surface area contributed by atoms with Gasteiger partial charge in [0.15, 0.2) is 0 Å². The number of fused-ring (bicyclic) bond motifs is 12. The van der Waals surface area contributed by atoms with Gasteiger partial charge in [-0.1, -0.05) is 0 Å². The van der Waals surface area contributed by atoms with E-state index in [0.29, 0.717) is 19.1 Å². The molecule has 2 aliphatic carbocycles. The van der Waals surface area contributed by atoms with Crippen molar-refractivity contribution in [1.29, 1.82) is 0 Å². The van der Waals surface area contributed by atoms with E-state index in [1.54, 1.807) is 11.1 Å². The van der Waals surface area contributed by atoms with Crippen LogP contribution in [0.15, 0.2) is 109 Å². The summed E-state index contributed by atoms with van der Waals surface area (Å²) in [7, 11) is 0. The Labute approximate surface area is 280 Å². The zero-order valence-corrected chi connectivity index (χ0v) is 29.6. The van der Waals surface area contributed by atoms with Crippen LogP contribution in [0, 0.1) is 11.8 Å². The van der Waals surface area contributed by atoms with Crippen LogP contribution in [-0.4, -0.2) is 3.21 Å². The van der Waals surface area contributed by atoms with E-state index in [-0.39, 0.29) is 24.8 Å². The molecule has 2 atom stereocenters. The topological polar surface area (TPSA) is 0 Å². The van der Waals surface area contributed by atoms with Crippen LogP contribution in [0.4, 0.5) is 0 Å². The average Bonchev–Trinajstić information content (AvgIpc) is 3.66. The Bertz CT molecular complexity index is 2010. The Morgan fingerprint density at radius 3 is 1.09 bits per heavy atom. The second kappa shape index (κ2) is 12.2. The van der Waals surface area contributed by atoms with Crippen LogP contribution in [0.2, 0.25) is 0 Å². The van der Waals surface area contributed by atoms with Crippen molar-refractivity contribution in [3.63, 3.8) is 0 Å². The summed E-state index contributed by atoms with van der Waals surface area (Å²) in [6, 6.07) is 36.5. The summed E-state index contributed by atoms with van der Waals surface area (Å²) in [5, 5.41) is 11.3. The van der Waals surface area contributed by atoms with Crippen LogP contribution in [0.3, 0.4) is 0 Å². The van der Waals surface area contributed by atoms with Gasteiger partial charge in [-0.2, -0.15) is 0 Å². The van der Waals surface area contributed by atoms with Crippen molar-refractivity contribution < 1.29 is 46.1 Å². The van der Waals surface area contributed by atoms with Crippen LogP contribution >= 0.6 is 0 Å². The third-order valence-electron chi connectivity index (χ3n) is 9.81. The molecule has 0 aliphatic heterocycles. The molecule has 0 spiro atoms. The maximum atomic E-state index is 2.64. The van der Waals surface area contributed by atoms with Crippen molar-refractivity contribution in [3.8, 4) is 0 Å². The van der Waals surface area contributed by atoms with Gasteiger partial charge in [-0.05, 0) is 0 Å². The van der Waals surface area contributed by atoms with E-state index in [4.69, 9.17) is 0 Å². The Morgan fingerprint density at radius 1 is 0.455 bits per heavy atom. The number of hydrogen-bond donors (Lipinski definition) is 0. The summed E-state index contributed by atoms with van der Waals surface area (Å²) in [6.45, 7) is 9.86. The first-order valence-corrected chi connectivity index (χ1v) is 19.6. The van der Waals surface area contributed by atoms with Gasteiger partial charge in [0.25, 0.3) is 0 Å². The molecular weight excluding hydrogens is 655 g/mol. The zero-order valence-electron chi connectivity index (χ0n) is 25.6. The fourth-order valence-electron chi connectivity index (χ4n) is 8.40. The average molecular weight is 691 g/mol. The van der Waals surface area contributed by atoms with E-state index in [1.165, 1.54) is 54.2 Å². The van der Waals surface area contributed by atoms with Crippen molar-refractivity contribution in [3.05, 3.63) is 131 Å². The number of hydrogen-bond acceptors (Lipinski definition) is 0. The normalized spacial score (nSPS) is 16.3. The molecule has 0 heterocycles. The molecule has 8 rings (SSSR count). The molecule has 0 radical (unpaired) electrons. The van der Waals surface area contributed by atoms with Crippen molar-refractivity contribution >= 4 is 58.4 Å². The third-order valence-corrected chi connectivity index (χ3v) is 19.9. The maximum absolute atomic E-state index is 2.64. The van der Waals surface area contributed by atoms with E-state index < -0.39 is 21.3 Å². The molecular formula is C41H36Cl2Zr. The van der Waals surface area contributed by atoms with E-state index in [2.05, 4.69) is 149 Å². The minimum Gasteiger partial charge on any atom is -1.00 e. The molecule has 6 aromatic rings. The van der Waals surface area contributed by atoms with Crippen molar-refractivity contribution in [1.82, 2.24) is 0 Å². The quantitative estimate of drug-likeness (QED) is 0.222. The molecule has 0 amide bonds. The molecule has 6 aromatic carbocycles.